The van der Waals surface area contributed by atoms with Crippen LogP contribution < -0.4 is 0 Å². The molecule has 5 heteroatoms. The van der Waals surface area contributed by atoms with E-state index in [0.29, 0.717) is 0 Å². The number of aromatic nitrogens is 3. The SMILES string of the molecule is CCc1c(C(=O)N2CCC[C@H]2Cn2cccn2)[nH]c2ccccc12. The smallest absolute Gasteiger partial charge is 0.270 e. The molecule has 1 aliphatic heterocycles. The van der Waals surface area contributed by atoms with Gasteiger partial charge < -0.3 is 9.88 Å². The highest BCUT2D eigenvalue weighted by Gasteiger charge is 2.31. The first-order chi connectivity index (χ1) is 11.8. The van der Waals surface area contributed by atoms with Crippen molar-refractivity contribution >= 4 is 16.8 Å². The van der Waals surface area contributed by atoms with Crippen molar-refractivity contribution in [3.63, 3.8) is 0 Å². The van der Waals surface area contributed by atoms with Crippen molar-refractivity contribution in [1.29, 1.82) is 0 Å². The second-order valence-electron chi connectivity index (χ2n) is 6.40. The van der Waals surface area contributed by atoms with Crippen molar-refractivity contribution in [1.82, 2.24) is 19.7 Å². The molecule has 1 saturated heterocycles. The Morgan fingerprint density at radius 2 is 2.21 bits per heavy atom. The molecule has 2 aromatic heterocycles. The van der Waals surface area contributed by atoms with Crippen molar-refractivity contribution in [3.05, 3.63) is 54.0 Å². The lowest BCUT2D eigenvalue weighted by Crippen LogP contribution is -2.38. The summed E-state index contributed by atoms with van der Waals surface area (Å²) in [5.41, 5.74) is 2.92. The number of likely N-dealkylation sites (tertiary alicyclic amines) is 1. The molecule has 3 aromatic rings. The van der Waals surface area contributed by atoms with Crippen LogP contribution in [0, 0.1) is 0 Å². The first-order valence-corrected chi connectivity index (χ1v) is 8.66. The molecule has 124 valence electrons. The highest BCUT2D eigenvalue weighted by atomic mass is 16.2. The lowest BCUT2D eigenvalue weighted by molar-refractivity contribution is 0.0715. The molecule has 0 saturated carbocycles. The Balaban J connectivity index is 1.65. The fourth-order valence-electron chi connectivity index (χ4n) is 3.81. The number of benzene rings is 1. The molecule has 5 nitrogen and oxygen atoms in total. The van der Waals surface area contributed by atoms with Crippen molar-refractivity contribution < 1.29 is 4.79 Å². The second kappa shape index (κ2) is 6.15. The predicted octanol–water partition coefficient (Wildman–Crippen LogP) is 3.23. The van der Waals surface area contributed by atoms with E-state index in [1.165, 1.54) is 0 Å². The number of nitrogens with zero attached hydrogens (tertiary/aromatic N) is 3. The maximum Gasteiger partial charge on any atom is 0.270 e. The number of carbonyl (C=O) groups excluding carboxylic acids is 1. The van der Waals surface area contributed by atoms with Crippen LogP contribution in [-0.2, 0) is 13.0 Å². The van der Waals surface area contributed by atoms with E-state index in [-0.39, 0.29) is 11.9 Å². The number of nitrogens with one attached hydrogen (secondary N) is 1. The van der Waals surface area contributed by atoms with Crippen LogP contribution in [0.1, 0.15) is 35.8 Å². The van der Waals surface area contributed by atoms with Crippen molar-refractivity contribution in [2.24, 2.45) is 0 Å². The molecule has 1 aliphatic rings. The predicted molar refractivity (Wildman–Crippen MR) is 94.0 cm³/mol. The van der Waals surface area contributed by atoms with Gasteiger partial charge in [0.05, 0.1) is 12.6 Å². The van der Waals surface area contributed by atoms with Gasteiger partial charge in [-0.15, -0.1) is 0 Å². The Morgan fingerprint density at radius 1 is 1.33 bits per heavy atom. The lowest BCUT2D eigenvalue weighted by atomic mass is 10.1. The zero-order valence-electron chi connectivity index (χ0n) is 13.9. The van der Waals surface area contributed by atoms with E-state index in [2.05, 4.69) is 23.1 Å². The zero-order chi connectivity index (χ0) is 16.5. The van der Waals surface area contributed by atoms with E-state index in [1.807, 2.05) is 40.0 Å². The minimum absolute atomic E-state index is 0.123. The third-order valence-electron chi connectivity index (χ3n) is 4.98. The molecule has 1 amide bonds. The van der Waals surface area contributed by atoms with Crippen LogP contribution in [-0.4, -0.2) is 38.2 Å². The molecule has 0 spiro atoms. The number of fused-ring (bicyclic) bond motifs is 1. The average Bonchev–Trinajstić information content (AvgIpc) is 3.33. The van der Waals surface area contributed by atoms with Gasteiger partial charge in [0.1, 0.15) is 5.69 Å². The van der Waals surface area contributed by atoms with Gasteiger partial charge in [0.25, 0.3) is 5.91 Å². The van der Waals surface area contributed by atoms with Gasteiger partial charge in [-0.2, -0.15) is 5.10 Å². The van der Waals surface area contributed by atoms with Crippen molar-refractivity contribution in [2.75, 3.05) is 6.54 Å². The molecule has 0 unspecified atom stereocenters. The number of carbonyl (C=O) groups is 1. The number of rotatable bonds is 4. The second-order valence-corrected chi connectivity index (χ2v) is 6.40. The van der Waals surface area contributed by atoms with E-state index >= 15 is 0 Å². The summed E-state index contributed by atoms with van der Waals surface area (Å²) in [6.45, 7) is 3.70. The van der Waals surface area contributed by atoms with E-state index < -0.39 is 0 Å². The van der Waals surface area contributed by atoms with Gasteiger partial charge in [0.2, 0.25) is 0 Å². The molecule has 1 fully saturated rings. The Hall–Kier alpha value is -2.56. The Labute approximate surface area is 141 Å². The summed E-state index contributed by atoms with van der Waals surface area (Å²) in [4.78, 5) is 18.6. The Kier molecular flexibility index (Phi) is 3.84. The normalized spacial score (nSPS) is 17.7. The van der Waals surface area contributed by atoms with Crippen LogP contribution in [0.15, 0.2) is 42.7 Å². The third-order valence-corrected chi connectivity index (χ3v) is 4.98. The summed E-state index contributed by atoms with van der Waals surface area (Å²) in [6, 6.07) is 10.3. The number of hydrogen-bond acceptors (Lipinski definition) is 2. The Bertz CT molecular complexity index is 850. The summed E-state index contributed by atoms with van der Waals surface area (Å²) >= 11 is 0. The maximum absolute atomic E-state index is 13.2. The maximum atomic E-state index is 13.2. The molecule has 0 bridgehead atoms. The van der Waals surface area contributed by atoms with Crippen LogP contribution in [0.4, 0.5) is 0 Å². The molecule has 24 heavy (non-hydrogen) atoms. The highest BCUT2D eigenvalue weighted by Crippen LogP contribution is 2.27. The van der Waals surface area contributed by atoms with Crippen LogP contribution in [0.25, 0.3) is 10.9 Å². The van der Waals surface area contributed by atoms with E-state index in [9.17, 15) is 4.79 Å². The third kappa shape index (κ3) is 2.50. The first-order valence-electron chi connectivity index (χ1n) is 8.66. The summed E-state index contributed by atoms with van der Waals surface area (Å²) in [7, 11) is 0. The quantitative estimate of drug-likeness (QED) is 0.802. The molecule has 1 N–H and O–H groups in total. The number of para-hydroxylation sites is 1. The number of hydrogen-bond donors (Lipinski definition) is 1. The van der Waals surface area contributed by atoms with Gasteiger partial charge in [0.15, 0.2) is 0 Å². The van der Waals surface area contributed by atoms with Crippen molar-refractivity contribution in [2.45, 2.75) is 38.8 Å². The summed E-state index contributed by atoms with van der Waals surface area (Å²) in [5, 5.41) is 5.44. The van der Waals surface area contributed by atoms with Crippen molar-refractivity contribution in [3.8, 4) is 0 Å². The summed E-state index contributed by atoms with van der Waals surface area (Å²) in [6.07, 6.45) is 6.69. The van der Waals surface area contributed by atoms with Gasteiger partial charge in [-0.3, -0.25) is 9.48 Å². The van der Waals surface area contributed by atoms with Crippen LogP contribution in [0.3, 0.4) is 0 Å². The zero-order valence-corrected chi connectivity index (χ0v) is 13.9. The van der Waals surface area contributed by atoms with E-state index in [1.54, 1.807) is 6.20 Å². The monoisotopic (exact) mass is 322 g/mol. The standard InChI is InChI=1S/C19H22N4O/c1-2-15-16-8-3-4-9-17(16)21-18(15)19(24)23-12-5-7-14(23)13-22-11-6-10-20-22/h3-4,6,8-11,14,21H,2,5,7,12-13H2,1H3/t14-/m0/s1. The van der Waals surface area contributed by atoms with Gasteiger partial charge in [-0.25, -0.2) is 0 Å². The minimum Gasteiger partial charge on any atom is -0.350 e. The number of aromatic amines is 1. The molecule has 1 aromatic carbocycles. The van der Waals surface area contributed by atoms with E-state index in [0.717, 1.165) is 54.5 Å². The van der Waals surface area contributed by atoms with Gasteiger partial charge in [-0.1, -0.05) is 25.1 Å². The summed E-state index contributed by atoms with van der Waals surface area (Å²) < 4.78 is 1.92. The van der Waals surface area contributed by atoms with Gasteiger partial charge in [0, 0.05) is 29.8 Å². The molecular formula is C19H22N4O. The number of aryl methyl sites for hydroxylation is 1. The minimum atomic E-state index is 0.123. The first kappa shape index (κ1) is 15.0. The van der Waals surface area contributed by atoms with Crippen LogP contribution >= 0.6 is 0 Å². The molecule has 4 rings (SSSR count). The highest BCUT2D eigenvalue weighted by molar-refractivity contribution is 6.01. The lowest BCUT2D eigenvalue weighted by Gasteiger charge is -2.24. The number of amides is 1. The van der Waals surface area contributed by atoms with E-state index in [4.69, 9.17) is 0 Å². The number of H-pyrrole nitrogens is 1. The van der Waals surface area contributed by atoms with Gasteiger partial charge in [-0.05, 0) is 37.0 Å². The van der Waals surface area contributed by atoms with Crippen LogP contribution in [0.5, 0.6) is 0 Å². The van der Waals surface area contributed by atoms with Crippen LogP contribution in [0.2, 0.25) is 0 Å². The molecule has 1 atom stereocenters. The average molecular weight is 322 g/mol. The summed E-state index contributed by atoms with van der Waals surface area (Å²) in [5.74, 6) is 0.123. The molecular weight excluding hydrogens is 300 g/mol. The fraction of sp³-hybridized carbons (Fsp3) is 0.368. The Morgan fingerprint density at radius 3 is 3.00 bits per heavy atom. The molecule has 0 radical (unpaired) electrons. The topological polar surface area (TPSA) is 53.9 Å². The largest absolute Gasteiger partial charge is 0.350 e. The molecule has 3 heterocycles. The fourth-order valence-corrected chi connectivity index (χ4v) is 3.81. The van der Waals surface area contributed by atoms with Gasteiger partial charge >= 0.3 is 0 Å². The molecule has 0 aliphatic carbocycles.